The maximum atomic E-state index is 12.4. The SMILES string of the molecule is N#C[C@@H]1CCCN1C(=O)CNCCCC1c2ccc(Cl)cc2CCc2cccnc21. The summed E-state index contributed by atoms with van der Waals surface area (Å²) in [5.41, 5.74) is 5.12. The van der Waals surface area contributed by atoms with Crippen molar-refractivity contribution < 1.29 is 4.79 Å². The molecule has 2 atom stereocenters. The number of rotatable bonds is 6. The number of hydrogen-bond acceptors (Lipinski definition) is 4. The number of fused-ring (bicyclic) bond motifs is 2. The van der Waals surface area contributed by atoms with E-state index < -0.39 is 0 Å². The molecule has 6 heteroatoms. The number of nitriles is 1. The molecule has 0 bridgehead atoms. The third kappa shape index (κ3) is 4.50. The van der Waals surface area contributed by atoms with Crippen LogP contribution in [0, 0.1) is 11.3 Å². The summed E-state index contributed by atoms with van der Waals surface area (Å²) in [6.45, 7) is 1.75. The second-order valence-corrected chi connectivity index (χ2v) is 8.57. The number of likely N-dealkylation sites (tertiary alicyclic amines) is 1. The molecule has 0 saturated carbocycles. The molecule has 1 unspecified atom stereocenters. The number of nitrogens with zero attached hydrogens (tertiary/aromatic N) is 3. The Morgan fingerprint density at radius 3 is 3.03 bits per heavy atom. The van der Waals surface area contributed by atoms with Crippen molar-refractivity contribution in [1.29, 1.82) is 5.26 Å². The van der Waals surface area contributed by atoms with E-state index in [1.807, 2.05) is 18.3 Å². The molecule has 1 aromatic heterocycles. The number of carbonyl (C=O) groups excluding carboxylic acids is 1. The molecule has 156 valence electrons. The minimum atomic E-state index is -0.254. The third-order valence-electron chi connectivity index (χ3n) is 6.25. The summed E-state index contributed by atoms with van der Waals surface area (Å²) in [7, 11) is 0. The molecule has 1 amide bonds. The zero-order chi connectivity index (χ0) is 20.9. The number of benzene rings is 1. The van der Waals surface area contributed by atoms with Crippen LogP contribution in [0.15, 0.2) is 36.5 Å². The standard InChI is InChI=1S/C24H27ClN4O/c25-19-9-10-21-18(14-19)8-7-17-4-1-12-28-24(17)22(21)6-2-11-27-16-23(30)29-13-3-5-20(29)15-26/h1,4,9-10,12,14,20,22,27H,2-3,5-8,11,13,16H2/t20-,22?/m0/s1. The molecular formula is C24H27ClN4O. The minimum absolute atomic E-state index is 0.0283. The van der Waals surface area contributed by atoms with Crippen molar-refractivity contribution in [2.75, 3.05) is 19.6 Å². The lowest BCUT2D eigenvalue weighted by Crippen LogP contribution is -2.40. The minimum Gasteiger partial charge on any atom is -0.326 e. The molecule has 2 aliphatic rings. The van der Waals surface area contributed by atoms with Crippen molar-refractivity contribution in [3.05, 3.63) is 63.9 Å². The Bertz CT molecular complexity index is 954. The van der Waals surface area contributed by atoms with Crippen molar-refractivity contribution >= 4 is 17.5 Å². The molecule has 1 fully saturated rings. The number of aromatic nitrogens is 1. The highest BCUT2D eigenvalue weighted by Crippen LogP contribution is 2.36. The van der Waals surface area contributed by atoms with Crippen LogP contribution in [-0.2, 0) is 17.6 Å². The fourth-order valence-electron chi connectivity index (χ4n) is 4.74. The maximum absolute atomic E-state index is 12.4. The normalized spacial score (nSPS) is 20.2. The van der Waals surface area contributed by atoms with E-state index in [1.165, 1.54) is 22.4 Å². The van der Waals surface area contributed by atoms with Gasteiger partial charge in [0.15, 0.2) is 0 Å². The number of halogens is 1. The first kappa shape index (κ1) is 20.8. The van der Waals surface area contributed by atoms with E-state index in [1.54, 1.807) is 4.90 Å². The Balaban J connectivity index is 1.37. The predicted octanol–water partition coefficient (Wildman–Crippen LogP) is 3.85. The van der Waals surface area contributed by atoms with Crippen LogP contribution in [0.5, 0.6) is 0 Å². The van der Waals surface area contributed by atoms with Crippen molar-refractivity contribution in [2.24, 2.45) is 0 Å². The molecule has 1 aliphatic carbocycles. The summed E-state index contributed by atoms with van der Waals surface area (Å²) in [6.07, 6.45) is 7.46. The lowest BCUT2D eigenvalue weighted by Gasteiger charge is -2.21. The van der Waals surface area contributed by atoms with Crippen LogP contribution >= 0.6 is 11.6 Å². The van der Waals surface area contributed by atoms with Gasteiger partial charge in [-0.3, -0.25) is 9.78 Å². The summed E-state index contributed by atoms with van der Waals surface area (Å²) in [4.78, 5) is 18.8. The zero-order valence-corrected chi connectivity index (χ0v) is 17.9. The van der Waals surface area contributed by atoms with E-state index in [0.717, 1.165) is 50.1 Å². The molecule has 1 saturated heterocycles. The second-order valence-electron chi connectivity index (χ2n) is 8.14. The van der Waals surface area contributed by atoms with Gasteiger partial charge in [0.2, 0.25) is 5.91 Å². The van der Waals surface area contributed by atoms with E-state index in [9.17, 15) is 4.79 Å². The zero-order valence-electron chi connectivity index (χ0n) is 17.1. The van der Waals surface area contributed by atoms with Crippen LogP contribution in [0.4, 0.5) is 0 Å². The van der Waals surface area contributed by atoms with Gasteiger partial charge >= 0.3 is 0 Å². The molecule has 1 aliphatic heterocycles. The van der Waals surface area contributed by atoms with E-state index in [2.05, 4.69) is 29.6 Å². The topological polar surface area (TPSA) is 69.0 Å². The van der Waals surface area contributed by atoms with Crippen LogP contribution in [-0.4, -0.2) is 41.5 Å². The fraction of sp³-hybridized carbons (Fsp3) is 0.458. The molecule has 5 nitrogen and oxygen atoms in total. The van der Waals surface area contributed by atoms with Crippen LogP contribution in [0.2, 0.25) is 5.02 Å². The van der Waals surface area contributed by atoms with Gasteiger partial charge in [0, 0.05) is 23.7 Å². The molecule has 0 radical (unpaired) electrons. The largest absolute Gasteiger partial charge is 0.326 e. The van der Waals surface area contributed by atoms with Crippen LogP contribution in [0.1, 0.15) is 54.0 Å². The Kier molecular flexibility index (Phi) is 6.66. The number of pyridine rings is 1. The lowest BCUT2D eigenvalue weighted by atomic mass is 9.88. The lowest BCUT2D eigenvalue weighted by molar-refractivity contribution is -0.130. The number of nitrogens with one attached hydrogen (secondary N) is 1. The summed E-state index contributed by atoms with van der Waals surface area (Å²) in [5, 5.41) is 13.2. The molecule has 1 N–H and O–H groups in total. The van der Waals surface area contributed by atoms with Gasteiger partial charge in [-0.05, 0) is 80.0 Å². The fourth-order valence-corrected chi connectivity index (χ4v) is 4.94. The molecule has 4 rings (SSSR count). The predicted molar refractivity (Wildman–Crippen MR) is 117 cm³/mol. The van der Waals surface area contributed by atoms with E-state index in [-0.39, 0.29) is 17.9 Å². The van der Waals surface area contributed by atoms with Gasteiger partial charge in [-0.1, -0.05) is 23.7 Å². The summed E-state index contributed by atoms with van der Waals surface area (Å²) in [5.74, 6) is 0.274. The van der Waals surface area contributed by atoms with Gasteiger partial charge in [0.1, 0.15) is 6.04 Å². The average molecular weight is 423 g/mol. The Morgan fingerprint density at radius 1 is 1.30 bits per heavy atom. The molecule has 2 aromatic rings. The molecular weight excluding hydrogens is 396 g/mol. The summed E-state index contributed by atoms with van der Waals surface area (Å²) >= 11 is 6.26. The van der Waals surface area contributed by atoms with Crippen molar-refractivity contribution in [3.8, 4) is 6.07 Å². The Morgan fingerprint density at radius 2 is 2.17 bits per heavy atom. The summed E-state index contributed by atoms with van der Waals surface area (Å²) < 4.78 is 0. The first-order chi connectivity index (χ1) is 14.7. The number of aryl methyl sites for hydroxylation is 2. The van der Waals surface area contributed by atoms with E-state index in [4.69, 9.17) is 21.8 Å². The van der Waals surface area contributed by atoms with Gasteiger partial charge < -0.3 is 10.2 Å². The monoisotopic (exact) mass is 422 g/mol. The highest BCUT2D eigenvalue weighted by atomic mass is 35.5. The highest BCUT2D eigenvalue weighted by Gasteiger charge is 2.28. The van der Waals surface area contributed by atoms with Gasteiger partial charge in [-0.25, -0.2) is 0 Å². The van der Waals surface area contributed by atoms with Gasteiger partial charge in [0.25, 0.3) is 0 Å². The van der Waals surface area contributed by atoms with Crippen LogP contribution in [0.25, 0.3) is 0 Å². The molecule has 1 aromatic carbocycles. The smallest absolute Gasteiger partial charge is 0.237 e. The quantitative estimate of drug-likeness (QED) is 0.718. The van der Waals surface area contributed by atoms with Crippen LogP contribution in [0.3, 0.4) is 0 Å². The second kappa shape index (κ2) is 9.59. The van der Waals surface area contributed by atoms with Crippen LogP contribution < -0.4 is 5.32 Å². The number of carbonyl (C=O) groups is 1. The Hall–Kier alpha value is -2.42. The Labute approximate surface area is 183 Å². The number of amides is 1. The van der Waals surface area contributed by atoms with Crippen molar-refractivity contribution in [1.82, 2.24) is 15.2 Å². The summed E-state index contributed by atoms with van der Waals surface area (Å²) in [6, 6.07) is 12.4. The maximum Gasteiger partial charge on any atom is 0.237 e. The van der Waals surface area contributed by atoms with Crippen molar-refractivity contribution in [3.63, 3.8) is 0 Å². The first-order valence-corrected chi connectivity index (χ1v) is 11.2. The third-order valence-corrected chi connectivity index (χ3v) is 6.48. The van der Waals surface area contributed by atoms with Gasteiger partial charge in [-0.2, -0.15) is 5.26 Å². The van der Waals surface area contributed by atoms with E-state index >= 15 is 0 Å². The average Bonchev–Trinajstić information content (AvgIpc) is 3.19. The first-order valence-electron chi connectivity index (χ1n) is 10.8. The van der Waals surface area contributed by atoms with E-state index in [0.29, 0.717) is 13.1 Å². The van der Waals surface area contributed by atoms with Crippen molar-refractivity contribution in [2.45, 2.75) is 50.5 Å². The molecule has 0 spiro atoms. The highest BCUT2D eigenvalue weighted by molar-refractivity contribution is 6.30. The van der Waals surface area contributed by atoms with Gasteiger partial charge in [-0.15, -0.1) is 0 Å². The molecule has 30 heavy (non-hydrogen) atoms. The number of hydrogen-bond donors (Lipinski definition) is 1. The van der Waals surface area contributed by atoms with Gasteiger partial charge in [0.05, 0.1) is 18.3 Å². The molecule has 2 heterocycles.